The summed E-state index contributed by atoms with van der Waals surface area (Å²) in [5.41, 5.74) is 5.52. The highest BCUT2D eigenvalue weighted by Crippen LogP contribution is 2.19. The van der Waals surface area contributed by atoms with Crippen LogP contribution in [0.2, 0.25) is 0 Å². The Morgan fingerprint density at radius 3 is 2.42 bits per heavy atom. The Balaban J connectivity index is 2.63. The van der Waals surface area contributed by atoms with E-state index < -0.39 is 30.6 Å². The van der Waals surface area contributed by atoms with E-state index in [4.69, 9.17) is 15.2 Å². The van der Waals surface area contributed by atoms with Crippen LogP contribution in [0.3, 0.4) is 0 Å². The lowest BCUT2D eigenvalue weighted by atomic mass is 9.98. The minimum Gasteiger partial charge on any atom is -0.389 e. The highest BCUT2D eigenvalue weighted by atomic mass is 16.7. The Labute approximate surface area is 71.1 Å². The second-order valence-corrected chi connectivity index (χ2v) is 3.00. The lowest BCUT2D eigenvalue weighted by Crippen LogP contribution is -2.60. The zero-order valence-corrected chi connectivity index (χ0v) is 7.18. The molecule has 0 aromatic carbocycles. The van der Waals surface area contributed by atoms with E-state index >= 15 is 0 Å². The number of ether oxygens (including phenoxy) is 2. The monoisotopic (exact) mass is 177 g/mol. The molecular formula is C7H15NO4. The lowest BCUT2D eigenvalue weighted by molar-refractivity contribution is -0.258. The molecule has 0 spiro atoms. The first-order valence-corrected chi connectivity index (χ1v) is 3.88. The summed E-state index contributed by atoms with van der Waals surface area (Å²) in [7, 11) is 1.42. The number of rotatable bonds is 1. The Morgan fingerprint density at radius 2 is 1.92 bits per heavy atom. The summed E-state index contributed by atoms with van der Waals surface area (Å²) in [5, 5.41) is 18.8. The van der Waals surface area contributed by atoms with Crippen molar-refractivity contribution in [2.75, 3.05) is 7.11 Å². The standard InChI is InChI=1S/C7H15NO4/c1-3-5(9)4(8)6(10)7(11-2)12-3/h3-7,9-10H,8H2,1-2H3/t3-,4+,5+,6-,7+/m0/s1. The van der Waals surface area contributed by atoms with E-state index in [1.807, 2.05) is 0 Å². The molecule has 0 aliphatic carbocycles. The maximum Gasteiger partial charge on any atom is 0.185 e. The summed E-state index contributed by atoms with van der Waals surface area (Å²) >= 11 is 0. The maximum atomic E-state index is 9.39. The van der Waals surface area contributed by atoms with Crippen molar-refractivity contribution in [3.05, 3.63) is 0 Å². The van der Waals surface area contributed by atoms with E-state index in [1.165, 1.54) is 7.11 Å². The fraction of sp³-hybridized carbons (Fsp3) is 1.00. The highest BCUT2D eigenvalue weighted by Gasteiger charge is 2.40. The van der Waals surface area contributed by atoms with Gasteiger partial charge in [-0.2, -0.15) is 0 Å². The molecule has 0 radical (unpaired) electrons. The molecule has 1 aliphatic heterocycles. The van der Waals surface area contributed by atoms with Gasteiger partial charge in [-0.3, -0.25) is 0 Å². The van der Waals surface area contributed by atoms with Crippen LogP contribution in [-0.4, -0.2) is 48.0 Å². The van der Waals surface area contributed by atoms with E-state index in [1.54, 1.807) is 6.92 Å². The highest BCUT2D eigenvalue weighted by molar-refractivity contribution is 4.89. The van der Waals surface area contributed by atoms with Crippen LogP contribution in [0.4, 0.5) is 0 Å². The van der Waals surface area contributed by atoms with Crippen molar-refractivity contribution < 1.29 is 19.7 Å². The van der Waals surface area contributed by atoms with Crippen molar-refractivity contribution in [2.45, 2.75) is 37.6 Å². The Morgan fingerprint density at radius 1 is 1.33 bits per heavy atom. The summed E-state index contributed by atoms with van der Waals surface area (Å²) in [6, 6.07) is -0.710. The summed E-state index contributed by atoms with van der Waals surface area (Å²) in [6.45, 7) is 1.68. The molecule has 0 aromatic rings. The van der Waals surface area contributed by atoms with Gasteiger partial charge in [0.15, 0.2) is 6.29 Å². The number of hydrogen-bond acceptors (Lipinski definition) is 5. The maximum absolute atomic E-state index is 9.39. The van der Waals surface area contributed by atoms with Crippen molar-refractivity contribution >= 4 is 0 Å². The van der Waals surface area contributed by atoms with Gasteiger partial charge >= 0.3 is 0 Å². The van der Waals surface area contributed by atoms with Gasteiger partial charge in [-0.15, -0.1) is 0 Å². The number of nitrogens with two attached hydrogens (primary N) is 1. The minimum atomic E-state index is -0.971. The molecule has 1 heterocycles. The van der Waals surface area contributed by atoms with E-state index in [9.17, 15) is 10.2 Å². The molecule has 5 atom stereocenters. The predicted octanol–water partition coefficient (Wildman–Crippen LogP) is -1.57. The summed E-state index contributed by atoms with van der Waals surface area (Å²) in [4.78, 5) is 0. The molecular weight excluding hydrogens is 162 g/mol. The summed E-state index contributed by atoms with van der Waals surface area (Å²) < 4.78 is 9.96. The number of aliphatic hydroxyl groups is 2. The van der Waals surface area contributed by atoms with Crippen LogP contribution >= 0.6 is 0 Å². The Kier molecular flexibility index (Phi) is 3.03. The average molecular weight is 177 g/mol. The van der Waals surface area contributed by atoms with Crippen LogP contribution < -0.4 is 5.73 Å². The van der Waals surface area contributed by atoms with E-state index in [0.29, 0.717) is 0 Å². The van der Waals surface area contributed by atoms with Crippen LogP contribution in [0.15, 0.2) is 0 Å². The molecule has 0 amide bonds. The normalized spacial score (nSPS) is 49.2. The molecule has 72 valence electrons. The molecule has 4 N–H and O–H groups in total. The van der Waals surface area contributed by atoms with E-state index in [-0.39, 0.29) is 0 Å². The fourth-order valence-corrected chi connectivity index (χ4v) is 1.26. The van der Waals surface area contributed by atoms with Gasteiger partial charge in [0, 0.05) is 7.11 Å². The minimum absolute atomic E-state index is 0.409. The van der Waals surface area contributed by atoms with Gasteiger partial charge in [-0.05, 0) is 6.92 Å². The van der Waals surface area contributed by atoms with Gasteiger partial charge in [-0.1, -0.05) is 0 Å². The Hall–Kier alpha value is -0.200. The van der Waals surface area contributed by atoms with Crippen LogP contribution in [0, 0.1) is 0 Å². The third-order valence-corrected chi connectivity index (χ3v) is 2.13. The largest absolute Gasteiger partial charge is 0.389 e. The van der Waals surface area contributed by atoms with Gasteiger partial charge in [0.2, 0.25) is 0 Å². The quantitative estimate of drug-likeness (QED) is 0.450. The van der Waals surface area contributed by atoms with Crippen molar-refractivity contribution in [3.63, 3.8) is 0 Å². The molecule has 0 saturated carbocycles. The van der Waals surface area contributed by atoms with Crippen molar-refractivity contribution in [2.24, 2.45) is 5.73 Å². The number of methoxy groups -OCH3 is 1. The topological polar surface area (TPSA) is 84.9 Å². The summed E-state index contributed by atoms with van der Waals surface area (Å²) in [6.07, 6.45) is -2.96. The van der Waals surface area contributed by atoms with Crippen LogP contribution in [0.1, 0.15) is 6.92 Å². The Bertz CT molecular complexity index is 150. The first kappa shape index (κ1) is 9.88. The molecule has 1 fully saturated rings. The third-order valence-electron chi connectivity index (χ3n) is 2.13. The van der Waals surface area contributed by atoms with E-state index in [2.05, 4.69) is 0 Å². The number of hydrogen-bond donors (Lipinski definition) is 3. The smallest absolute Gasteiger partial charge is 0.185 e. The molecule has 1 rings (SSSR count). The molecule has 0 unspecified atom stereocenters. The van der Waals surface area contributed by atoms with Crippen molar-refractivity contribution in [3.8, 4) is 0 Å². The molecule has 1 aliphatic rings. The van der Waals surface area contributed by atoms with E-state index in [0.717, 1.165) is 0 Å². The van der Waals surface area contributed by atoms with Gasteiger partial charge in [0.25, 0.3) is 0 Å². The predicted molar refractivity (Wildman–Crippen MR) is 41.3 cm³/mol. The average Bonchev–Trinajstić information content (AvgIpc) is 2.08. The molecule has 5 heteroatoms. The molecule has 0 bridgehead atoms. The van der Waals surface area contributed by atoms with Gasteiger partial charge in [0.05, 0.1) is 18.2 Å². The van der Waals surface area contributed by atoms with Crippen LogP contribution in [0.25, 0.3) is 0 Å². The third kappa shape index (κ3) is 1.60. The fourth-order valence-electron chi connectivity index (χ4n) is 1.26. The second kappa shape index (κ2) is 3.68. The van der Waals surface area contributed by atoms with Crippen LogP contribution in [-0.2, 0) is 9.47 Å². The zero-order chi connectivity index (χ0) is 9.30. The molecule has 12 heavy (non-hydrogen) atoms. The second-order valence-electron chi connectivity index (χ2n) is 3.00. The number of aliphatic hydroxyl groups excluding tert-OH is 2. The van der Waals surface area contributed by atoms with Crippen LogP contribution in [0.5, 0.6) is 0 Å². The first-order chi connectivity index (χ1) is 5.57. The summed E-state index contributed by atoms with van der Waals surface area (Å²) in [5.74, 6) is 0. The molecule has 0 aromatic heterocycles. The lowest BCUT2D eigenvalue weighted by Gasteiger charge is -2.39. The van der Waals surface area contributed by atoms with Crippen molar-refractivity contribution in [1.29, 1.82) is 0 Å². The van der Waals surface area contributed by atoms with Gasteiger partial charge in [0.1, 0.15) is 6.10 Å². The molecule has 5 nitrogen and oxygen atoms in total. The van der Waals surface area contributed by atoms with Gasteiger partial charge in [-0.25, -0.2) is 0 Å². The van der Waals surface area contributed by atoms with Crippen molar-refractivity contribution in [1.82, 2.24) is 0 Å². The molecule has 1 saturated heterocycles. The SMILES string of the molecule is CO[C@@H]1O[C@@H](C)[C@@H](O)[C@@H](N)[C@@H]1O. The first-order valence-electron chi connectivity index (χ1n) is 3.88. The van der Waals surface area contributed by atoms with Gasteiger partial charge < -0.3 is 25.4 Å². The zero-order valence-electron chi connectivity index (χ0n) is 7.18.